The molecule has 4 N–H and O–H groups in total. The molecule has 9 nitrogen and oxygen atoms in total. The van der Waals surface area contributed by atoms with Crippen LogP contribution in [-0.2, 0) is 11.2 Å². The summed E-state index contributed by atoms with van der Waals surface area (Å²) in [5.41, 5.74) is 3.81. The molecule has 0 aliphatic carbocycles. The second-order valence-corrected chi connectivity index (χ2v) is 8.94. The molecule has 37 heavy (non-hydrogen) atoms. The largest absolute Gasteiger partial charge is 0.481 e. The second-order valence-electron chi connectivity index (χ2n) is 8.94. The predicted molar refractivity (Wildman–Crippen MR) is 143 cm³/mol. The van der Waals surface area contributed by atoms with Gasteiger partial charge in [0.15, 0.2) is 0 Å². The number of aliphatic carboxylic acids is 1. The summed E-state index contributed by atoms with van der Waals surface area (Å²) in [4.78, 5) is 41.6. The summed E-state index contributed by atoms with van der Waals surface area (Å²) in [5, 5.41) is 15.8. The van der Waals surface area contributed by atoms with Gasteiger partial charge in [0.25, 0.3) is 11.8 Å². The number of anilines is 2. The zero-order valence-electron chi connectivity index (χ0n) is 20.5. The number of carboxylic acid groups (broad SMARTS) is 1. The molecular weight excluding hydrogens is 470 g/mol. The van der Waals surface area contributed by atoms with Crippen LogP contribution in [0.5, 0.6) is 0 Å². The smallest absolute Gasteiger partial charge is 0.305 e. The Hall–Kier alpha value is -4.66. The average molecular weight is 500 g/mol. The van der Waals surface area contributed by atoms with Gasteiger partial charge >= 0.3 is 5.97 Å². The van der Waals surface area contributed by atoms with Crippen LogP contribution >= 0.6 is 0 Å². The molecule has 0 fully saturated rings. The SMILES string of the molecule is CN1c2ccc(NC(=O)c3ccc(C=NN)cc3)cc2C(=O)N(CCc2ccccc2)CC1CC(=O)O. The Morgan fingerprint density at radius 1 is 1.11 bits per heavy atom. The number of likely N-dealkylation sites (N-methyl/N-ethyl adjacent to an activating group) is 1. The van der Waals surface area contributed by atoms with E-state index in [9.17, 15) is 19.5 Å². The number of carbonyl (C=O) groups excluding carboxylic acids is 2. The molecule has 1 atom stereocenters. The van der Waals surface area contributed by atoms with Crippen molar-refractivity contribution in [2.24, 2.45) is 10.9 Å². The number of nitrogens with zero attached hydrogens (tertiary/aromatic N) is 3. The number of benzene rings is 3. The molecule has 0 spiro atoms. The highest BCUT2D eigenvalue weighted by atomic mass is 16.4. The number of rotatable bonds is 8. The van der Waals surface area contributed by atoms with E-state index in [0.29, 0.717) is 35.5 Å². The summed E-state index contributed by atoms with van der Waals surface area (Å²) in [7, 11) is 1.80. The lowest BCUT2D eigenvalue weighted by atomic mass is 10.1. The highest BCUT2D eigenvalue weighted by molar-refractivity contribution is 6.07. The van der Waals surface area contributed by atoms with Gasteiger partial charge in [-0.15, -0.1) is 0 Å². The molecule has 190 valence electrons. The molecular formula is C28H29N5O4. The number of nitrogens with two attached hydrogens (primary N) is 1. The molecule has 2 amide bonds. The van der Waals surface area contributed by atoms with Crippen molar-refractivity contribution in [1.29, 1.82) is 0 Å². The van der Waals surface area contributed by atoms with E-state index in [1.807, 2.05) is 35.2 Å². The number of nitrogens with one attached hydrogen (secondary N) is 1. The number of hydrogen-bond donors (Lipinski definition) is 3. The minimum Gasteiger partial charge on any atom is -0.481 e. The first-order chi connectivity index (χ1) is 17.9. The van der Waals surface area contributed by atoms with Crippen LogP contribution in [0.3, 0.4) is 0 Å². The topological polar surface area (TPSA) is 128 Å². The maximum atomic E-state index is 13.7. The van der Waals surface area contributed by atoms with Gasteiger partial charge in [0.05, 0.1) is 24.2 Å². The summed E-state index contributed by atoms with van der Waals surface area (Å²) < 4.78 is 0. The van der Waals surface area contributed by atoms with Crippen LogP contribution in [0.25, 0.3) is 0 Å². The maximum absolute atomic E-state index is 13.7. The molecule has 1 unspecified atom stereocenters. The van der Waals surface area contributed by atoms with E-state index >= 15 is 0 Å². The van der Waals surface area contributed by atoms with Crippen LogP contribution in [0, 0.1) is 0 Å². The molecule has 3 aromatic carbocycles. The third-order valence-corrected chi connectivity index (χ3v) is 6.45. The summed E-state index contributed by atoms with van der Waals surface area (Å²) in [5.74, 6) is 3.71. The third kappa shape index (κ3) is 6.13. The van der Waals surface area contributed by atoms with E-state index in [0.717, 1.165) is 11.1 Å². The number of hydrogen-bond acceptors (Lipinski definition) is 6. The van der Waals surface area contributed by atoms with Gasteiger partial charge < -0.3 is 26.1 Å². The molecule has 0 saturated carbocycles. The average Bonchev–Trinajstić information content (AvgIpc) is 2.99. The first-order valence-corrected chi connectivity index (χ1v) is 11.9. The Balaban J connectivity index is 1.60. The van der Waals surface area contributed by atoms with Crippen LogP contribution in [0.2, 0.25) is 0 Å². The highest BCUT2D eigenvalue weighted by Gasteiger charge is 2.32. The molecule has 0 bridgehead atoms. The van der Waals surface area contributed by atoms with E-state index < -0.39 is 12.0 Å². The van der Waals surface area contributed by atoms with Crippen molar-refractivity contribution in [3.8, 4) is 0 Å². The lowest BCUT2D eigenvalue weighted by Crippen LogP contribution is -2.43. The highest BCUT2D eigenvalue weighted by Crippen LogP contribution is 2.31. The molecule has 4 rings (SSSR count). The van der Waals surface area contributed by atoms with Gasteiger partial charge in [-0.3, -0.25) is 14.4 Å². The van der Waals surface area contributed by atoms with Gasteiger partial charge in [-0.1, -0.05) is 42.5 Å². The predicted octanol–water partition coefficient (Wildman–Crippen LogP) is 3.21. The monoisotopic (exact) mass is 499 g/mol. The number of hydrazone groups is 1. The van der Waals surface area contributed by atoms with Crippen molar-refractivity contribution < 1.29 is 19.5 Å². The van der Waals surface area contributed by atoms with Crippen LogP contribution in [0.4, 0.5) is 11.4 Å². The molecule has 1 aliphatic heterocycles. The molecule has 1 aliphatic rings. The van der Waals surface area contributed by atoms with Gasteiger partial charge in [-0.05, 0) is 47.9 Å². The fraction of sp³-hybridized carbons (Fsp3) is 0.214. The zero-order chi connectivity index (χ0) is 26.4. The number of amides is 2. The van der Waals surface area contributed by atoms with Gasteiger partial charge in [0.2, 0.25) is 0 Å². The Kier molecular flexibility index (Phi) is 7.83. The van der Waals surface area contributed by atoms with E-state index in [2.05, 4.69) is 10.4 Å². The van der Waals surface area contributed by atoms with Gasteiger partial charge in [-0.25, -0.2) is 0 Å². The summed E-state index contributed by atoms with van der Waals surface area (Å²) in [6.07, 6.45) is 2.03. The maximum Gasteiger partial charge on any atom is 0.305 e. The number of carboxylic acids is 1. The molecule has 0 radical (unpaired) electrons. The number of carbonyl (C=O) groups is 3. The third-order valence-electron chi connectivity index (χ3n) is 6.45. The molecule has 9 heteroatoms. The van der Waals surface area contributed by atoms with E-state index in [4.69, 9.17) is 5.84 Å². The first-order valence-electron chi connectivity index (χ1n) is 11.9. The van der Waals surface area contributed by atoms with Crippen molar-refractivity contribution in [2.75, 3.05) is 30.4 Å². The van der Waals surface area contributed by atoms with Gasteiger partial charge in [0.1, 0.15) is 0 Å². The van der Waals surface area contributed by atoms with Crippen molar-refractivity contribution in [1.82, 2.24) is 4.90 Å². The molecule has 0 aromatic heterocycles. The Morgan fingerprint density at radius 2 is 1.84 bits per heavy atom. The molecule has 1 heterocycles. The van der Waals surface area contributed by atoms with Crippen LogP contribution in [-0.4, -0.2) is 60.2 Å². The lowest BCUT2D eigenvalue weighted by Gasteiger charge is -2.30. The van der Waals surface area contributed by atoms with E-state index in [-0.39, 0.29) is 24.8 Å². The Bertz CT molecular complexity index is 1310. The van der Waals surface area contributed by atoms with Gasteiger partial charge in [0, 0.05) is 37.1 Å². The van der Waals surface area contributed by atoms with Crippen molar-refractivity contribution in [3.63, 3.8) is 0 Å². The number of fused-ring (bicyclic) bond motifs is 1. The fourth-order valence-corrected chi connectivity index (χ4v) is 4.43. The van der Waals surface area contributed by atoms with E-state index in [1.165, 1.54) is 6.21 Å². The summed E-state index contributed by atoms with van der Waals surface area (Å²) in [6, 6.07) is 21.3. The molecule has 3 aromatic rings. The van der Waals surface area contributed by atoms with Crippen molar-refractivity contribution >= 4 is 35.4 Å². The minimum atomic E-state index is -0.927. The Morgan fingerprint density at radius 3 is 2.51 bits per heavy atom. The lowest BCUT2D eigenvalue weighted by molar-refractivity contribution is -0.137. The van der Waals surface area contributed by atoms with Crippen molar-refractivity contribution in [3.05, 3.63) is 95.1 Å². The quantitative estimate of drug-likeness (QED) is 0.248. The fourth-order valence-electron chi connectivity index (χ4n) is 4.43. The van der Waals surface area contributed by atoms with Crippen molar-refractivity contribution in [2.45, 2.75) is 18.9 Å². The van der Waals surface area contributed by atoms with E-state index in [1.54, 1.807) is 54.4 Å². The normalized spacial score (nSPS) is 15.4. The van der Waals surface area contributed by atoms with Crippen LogP contribution < -0.4 is 16.1 Å². The summed E-state index contributed by atoms with van der Waals surface area (Å²) in [6.45, 7) is 0.727. The zero-order valence-corrected chi connectivity index (χ0v) is 20.5. The van der Waals surface area contributed by atoms with Gasteiger partial charge in [-0.2, -0.15) is 5.10 Å². The summed E-state index contributed by atoms with van der Waals surface area (Å²) >= 11 is 0. The second kappa shape index (κ2) is 11.4. The molecule has 0 saturated heterocycles. The van der Waals surface area contributed by atoms with Crippen LogP contribution in [0.1, 0.15) is 38.3 Å². The standard InChI is InChI=1S/C28H29N5O4/c1-32-23(16-26(34)35)18-33(14-13-19-5-3-2-4-6-19)28(37)24-15-22(11-12-25(24)32)31-27(36)21-9-7-20(8-10-21)17-30-29/h2-12,15,17,23H,13-14,16,18,29H2,1H3,(H,31,36)(H,34,35). The first kappa shape index (κ1) is 25.4. The Labute approximate surface area is 215 Å². The van der Waals surface area contributed by atoms with Crippen LogP contribution in [0.15, 0.2) is 77.9 Å². The minimum absolute atomic E-state index is 0.103.